The van der Waals surface area contributed by atoms with Crippen LogP contribution in [0.4, 0.5) is 5.88 Å². The van der Waals surface area contributed by atoms with Gasteiger partial charge in [-0.15, -0.1) is 0 Å². The Kier molecular flexibility index (Phi) is 1.80. The lowest BCUT2D eigenvalue weighted by molar-refractivity contribution is 0.602. The van der Waals surface area contributed by atoms with Crippen LogP contribution in [-0.4, -0.2) is 0 Å². The van der Waals surface area contributed by atoms with E-state index in [9.17, 15) is 0 Å². The summed E-state index contributed by atoms with van der Waals surface area (Å²) in [5, 5.41) is 12.5. The number of nitrogens with two attached hydrogens (primary N) is 1. The van der Waals surface area contributed by atoms with Crippen LogP contribution in [0.2, 0.25) is 0 Å². The number of nitriles is 1. The molecular formula is C9H6N2OS. The Hall–Kier alpha value is -1.73. The van der Waals surface area contributed by atoms with Crippen LogP contribution < -0.4 is 5.73 Å². The number of nitrogen functional groups attached to an aromatic ring is 1. The molecule has 0 atom stereocenters. The molecule has 0 aromatic carbocycles. The van der Waals surface area contributed by atoms with Crippen molar-refractivity contribution in [3.05, 3.63) is 28.5 Å². The minimum absolute atomic E-state index is 0.184. The Morgan fingerprint density at radius 1 is 1.54 bits per heavy atom. The van der Waals surface area contributed by atoms with Gasteiger partial charge in [-0.2, -0.15) is 16.6 Å². The van der Waals surface area contributed by atoms with Crippen LogP contribution in [0.1, 0.15) is 5.56 Å². The summed E-state index contributed by atoms with van der Waals surface area (Å²) in [5.74, 6) is 0.832. The van der Waals surface area contributed by atoms with Crippen LogP contribution in [0.3, 0.4) is 0 Å². The molecule has 4 heteroatoms. The van der Waals surface area contributed by atoms with E-state index in [0.29, 0.717) is 11.3 Å². The van der Waals surface area contributed by atoms with E-state index in [-0.39, 0.29) is 5.88 Å². The second-order valence-electron chi connectivity index (χ2n) is 2.51. The van der Waals surface area contributed by atoms with E-state index in [1.807, 2.05) is 22.9 Å². The smallest absolute Gasteiger partial charge is 0.208 e. The number of rotatable bonds is 1. The molecule has 0 unspecified atom stereocenters. The first kappa shape index (κ1) is 7.90. The van der Waals surface area contributed by atoms with Gasteiger partial charge in [0.1, 0.15) is 17.4 Å². The van der Waals surface area contributed by atoms with Gasteiger partial charge >= 0.3 is 0 Å². The molecule has 0 spiro atoms. The first-order chi connectivity index (χ1) is 6.31. The van der Waals surface area contributed by atoms with E-state index in [4.69, 9.17) is 15.4 Å². The molecule has 2 rings (SSSR count). The summed E-state index contributed by atoms with van der Waals surface area (Å²) in [6, 6.07) is 5.53. The highest BCUT2D eigenvalue weighted by Gasteiger charge is 2.08. The van der Waals surface area contributed by atoms with Gasteiger partial charge in [-0.05, 0) is 11.4 Å². The molecule has 2 N–H and O–H groups in total. The van der Waals surface area contributed by atoms with Gasteiger partial charge in [0.15, 0.2) is 0 Å². The summed E-state index contributed by atoms with van der Waals surface area (Å²) >= 11 is 1.57. The van der Waals surface area contributed by atoms with E-state index in [1.165, 1.54) is 0 Å². The zero-order valence-corrected chi connectivity index (χ0v) is 7.47. The minimum atomic E-state index is 0.184. The Bertz CT molecular complexity index is 450. The van der Waals surface area contributed by atoms with Gasteiger partial charge in [-0.3, -0.25) is 0 Å². The fraction of sp³-hybridized carbons (Fsp3) is 0. The molecule has 3 nitrogen and oxygen atoms in total. The summed E-state index contributed by atoms with van der Waals surface area (Å²) in [5.41, 5.74) is 6.82. The average Bonchev–Trinajstić information content (AvgIpc) is 2.71. The van der Waals surface area contributed by atoms with Crippen molar-refractivity contribution in [2.24, 2.45) is 0 Å². The summed E-state index contributed by atoms with van der Waals surface area (Å²) < 4.78 is 5.21. The molecule has 0 aliphatic heterocycles. The van der Waals surface area contributed by atoms with Gasteiger partial charge in [0.2, 0.25) is 5.88 Å². The maximum atomic E-state index is 8.64. The molecule has 0 bridgehead atoms. The van der Waals surface area contributed by atoms with Gasteiger partial charge in [0.25, 0.3) is 0 Å². The number of thiophene rings is 1. The monoisotopic (exact) mass is 190 g/mol. The summed E-state index contributed by atoms with van der Waals surface area (Å²) in [4.78, 5) is 0. The second kappa shape index (κ2) is 2.96. The normalized spacial score (nSPS) is 9.77. The zero-order chi connectivity index (χ0) is 9.26. The van der Waals surface area contributed by atoms with Crippen LogP contribution in [-0.2, 0) is 0 Å². The molecule has 13 heavy (non-hydrogen) atoms. The number of hydrogen-bond acceptors (Lipinski definition) is 4. The Labute approximate surface area is 79.0 Å². The van der Waals surface area contributed by atoms with Crippen molar-refractivity contribution in [3.63, 3.8) is 0 Å². The third-order valence-corrected chi connectivity index (χ3v) is 2.37. The molecule has 2 aromatic heterocycles. The average molecular weight is 190 g/mol. The number of nitrogens with zero attached hydrogens (tertiary/aromatic N) is 1. The van der Waals surface area contributed by atoms with Crippen molar-refractivity contribution in [1.82, 2.24) is 0 Å². The molecule has 2 aromatic rings. The van der Waals surface area contributed by atoms with Gasteiger partial charge in [-0.1, -0.05) is 0 Å². The molecule has 0 aliphatic carbocycles. The van der Waals surface area contributed by atoms with Crippen molar-refractivity contribution in [2.45, 2.75) is 0 Å². The Morgan fingerprint density at radius 3 is 2.92 bits per heavy atom. The standard InChI is InChI=1S/C9H6N2OS/c10-4-7-3-8(12-9(7)11)6-1-2-13-5-6/h1-3,5H,11H2. The summed E-state index contributed by atoms with van der Waals surface area (Å²) in [6.07, 6.45) is 0. The van der Waals surface area contributed by atoms with Crippen LogP contribution in [0.15, 0.2) is 27.3 Å². The van der Waals surface area contributed by atoms with Crippen LogP contribution in [0.5, 0.6) is 0 Å². The van der Waals surface area contributed by atoms with Crippen LogP contribution >= 0.6 is 11.3 Å². The lowest BCUT2D eigenvalue weighted by Crippen LogP contribution is -1.82. The third kappa shape index (κ3) is 1.30. The van der Waals surface area contributed by atoms with Crippen LogP contribution in [0.25, 0.3) is 11.3 Å². The molecule has 0 aliphatic rings. The first-order valence-electron chi connectivity index (χ1n) is 3.63. The van der Waals surface area contributed by atoms with Crippen molar-refractivity contribution in [3.8, 4) is 17.4 Å². The lowest BCUT2D eigenvalue weighted by atomic mass is 10.2. The molecule has 64 valence electrons. The largest absolute Gasteiger partial charge is 0.439 e. The van der Waals surface area contributed by atoms with E-state index in [0.717, 1.165) is 5.56 Å². The molecule has 0 saturated heterocycles. The fourth-order valence-electron chi connectivity index (χ4n) is 1.04. The van der Waals surface area contributed by atoms with Crippen LogP contribution in [0, 0.1) is 11.3 Å². The van der Waals surface area contributed by atoms with Gasteiger partial charge < -0.3 is 10.2 Å². The summed E-state index contributed by atoms with van der Waals surface area (Å²) in [6.45, 7) is 0. The van der Waals surface area contributed by atoms with E-state index in [2.05, 4.69) is 0 Å². The van der Waals surface area contributed by atoms with Gasteiger partial charge in [0.05, 0.1) is 0 Å². The Balaban J connectivity index is 2.50. The SMILES string of the molecule is N#Cc1cc(-c2ccsc2)oc1N. The van der Waals surface area contributed by atoms with E-state index in [1.54, 1.807) is 17.4 Å². The minimum Gasteiger partial charge on any atom is -0.439 e. The highest BCUT2D eigenvalue weighted by atomic mass is 32.1. The first-order valence-corrected chi connectivity index (χ1v) is 4.57. The second-order valence-corrected chi connectivity index (χ2v) is 3.29. The molecule has 2 heterocycles. The summed E-state index contributed by atoms with van der Waals surface area (Å²) in [7, 11) is 0. The highest BCUT2D eigenvalue weighted by molar-refractivity contribution is 7.08. The molecule has 0 radical (unpaired) electrons. The zero-order valence-electron chi connectivity index (χ0n) is 6.65. The number of hydrogen-bond donors (Lipinski definition) is 1. The number of anilines is 1. The van der Waals surface area contributed by atoms with Gasteiger partial charge in [-0.25, -0.2) is 0 Å². The van der Waals surface area contributed by atoms with E-state index < -0.39 is 0 Å². The highest BCUT2D eigenvalue weighted by Crippen LogP contribution is 2.28. The Morgan fingerprint density at radius 2 is 2.38 bits per heavy atom. The topological polar surface area (TPSA) is 63.0 Å². The van der Waals surface area contributed by atoms with E-state index >= 15 is 0 Å². The van der Waals surface area contributed by atoms with Crippen molar-refractivity contribution >= 4 is 17.2 Å². The fourth-order valence-corrected chi connectivity index (χ4v) is 1.68. The predicted molar refractivity (Wildman–Crippen MR) is 51.1 cm³/mol. The number of furan rings is 1. The predicted octanol–water partition coefficient (Wildman–Crippen LogP) is 2.46. The maximum Gasteiger partial charge on any atom is 0.208 e. The molecule has 0 saturated carbocycles. The molecular weight excluding hydrogens is 184 g/mol. The third-order valence-electron chi connectivity index (χ3n) is 1.69. The maximum absolute atomic E-state index is 8.64. The van der Waals surface area contributed by atoms with Crippen molar-refractivity contribution < 1.29 is 4.42 Å². The lowest BCUT2D eigenvalue weighted by Gasteiger charge is -1.87. The molecule has 0 fully saturated rings. The molecule has 0 amide bonds. The van der Waals surface area contributed by atoms with Crippen molar-refractivity contribution in [1.29, 1.82) is 5.26 Å². The van der Waals surface area contributed by atoms with Crippen molar-refractivity contribution in [2.75, 3.05) is 5.73 Å². The van der Waals surface area contributed by atoms with Gasteiger partial charge in [0, 0.05) is 17.0 Å². The quantitative estimate of drug-likeness (QED) is 0.751.